The van der Waals surface area contributed by atoms with E-state index in [4.69, 9.17) is 0 Å². The third-order valence-electron chi connectivity index (χ3n) is 4.36. The molecule has 0 saturated carbocycles. The number of benzene rings is 2. The van der Waals surface area contributed by atoms with Gasteiger partial charge in [0.1, 0.15) is 11.6 Å². The number of anilines is 1. The van der Waals surface area contributed by atoms with Crippen molar-refractivity contribution in [1.82, 2.24) is 10.3 Å². The number of rotatable bonds is 7. The van der Waals surface area contributed by atoms with E-state index in [1.54, 1.807) is 30.5 Å². The maximum atomic E-state index is 12.9. The molecule has 0 aliphatic heterocycles. The van der Waals surface area contributed by atoms with Gasteiger partial charge in [-0.2, -0.15) is 0 Å². The summed E-state index contributed by atoms with van der Waals surface area (Å²) in [5.41, 5.74) is 3.93. The summed E-state index contributed by atoms with van der Waals surface area (Å²) >= 11 is 0. The first kappa shape index (κ1) is 18.6. The molecule has 138 valence electrons. The summed E-state index contributed by atoms with van der Waals surface area (Å²) in [6, 6.07) is 17.9. The Morgan fingerprint density at radius 3 is 2.63 bits per heavy atom. The minimum atomic E-state index is -0.259. The summed E-state index contributed by atoms with van der Waals surface area (Å²) in [5.74, 6) is 0.244. The van der Waals surface area contributed by atoms with E-state index < -0.39 is 0 Å². The molecule has 0 unspecified atom stereocenters. The Hall–Kier alpha value is -3.21. The van der Waals surface area contributed by atoms with Crippen molar-refractivity contribution in [3.05, 3.63) is 94.9 Å². The first-order valence-electron chi connectivity index (χ1n) is 8.89. The Kier molecular flexibility index (Phi) is 6.15. The topological polar surface area (TPSA) is 54.0 Å². The van der Waals surface area contributed by atoms with Crippen LogP contribution >= 0.6 is 0 Å². The van der Waals surface area contributed by atoms with E-state index in [9.17, 15) is 9.18 Å². The third kappa shape index (κ3) is 5.38. The molecular formula is C22H22FN3O. The molecule has 0 aliphatic rings. The molecule has 0 bridgehead atoms. The molecule has 1 heterocycles. The number of nitrogens with one attached hydrogen (secondary N) is 2. The van der Waals surface area contributed by atoms with Crippen molar-refractivity contribution in [2.45, 2.75) is 19.9 Å². The number of hydrogen-bond donors (Lipinski definition) is 2. The van der Waals surface area contributed by atoms with Gasteiger partial charge >= 0.3 is 0 Å². The number of pyridine rings is 1. The monoisotopic (exact) mass is 363 g/mol. The molecule has 0 fully saturated rings. The van der Waals surface area contributed by atoms with Crippen molar-refractivity contribution >= 4 is 11.7 Å². The van der Waals surface area contributed by atoms with Crippen LogP contribution in [0.25, 0.3) is 0 Å². The summed E-state index contributed by atoms with van der Waals surface area (Å²) in [6.07, 6.45) is 2.27. The maximum Gasteiger partial charge on any atom is 0.251 e. The highest BCUT2D eigenvalue weighted by atomic mass is 19.1. The summed E-state index contributed by atoms with van der Waals surface area (Å²) in [4.78, 5) is 16.6. The van der Waals surface area contributed by atoms with E-state index >= 15 is 0 Å². The molecule has 0 radical (unpaired) electrons. The normalized spacial score (nSPS) is 10.4. The Morgan fingerprint density at radius 1 is 1.07 bits per heavy atom. The fourth-order valence-electron chi connectivity index (χ4n) is 2.74. The van der Waals surface area contributed by atoms with Crippen LogP contribution in [0.15, 0.2) is 66.9 Å². The molecule has 0 saturated heterocycles. The smallest absolute Gasteiger partial charge is 0.251 e. The molecular weight excluding hydrogens is 341 g/mol. The molecule has 3 rings (SSSR count). The van der Waals surface area contributed by atoms with Crippen molar-refractivity contribution in [3.63, 3.8) is 0 Å². The van der Waals surface area contributed by atoms with Crippen molar-refractivity contribution in [2.24, 2.45) is 0 Å². The number of amides is 1. The average molecular weight is 363 g/mol. The average Bonchev–Trinajstić information content (AvgIpc) is 2.69. The van der Waals surface area contributed by atoms with Crippen LogP contribution in [-0.4, -0.2) is 17.4 Å². The van der Waals surface area contributed by atoms with Gasteiger partial charge in [0.25, 0.3) is 5.91 Å². The summed E-state index contributed by atoms with van der Waals surface area (Å²) in [7, 11) is 0. The minimum absolute atomic E-state index is 0.154. The van der Waals surface area contributed by atoms with Gasteiger partial charge in [-0.1, -0.05) is 36.4 Å². The highest BCUT2D eigenvalue weighted by Crippen LogP contribution is 2.12. The molecule has 4 nitrogen and oxygen atoms in total. The number of carbonyl (C=O) groups excluding carboxylic acids is 1. The number of aryl methyl sites for hydroxylation is 1. The second-order valence-corrected chi connectivity index (χ2v) is 6.34. The standard InChI is InChI=1S/C22H22FN3O/c1-16-4-2-3-5-19(16)15-26-21-14-18(11-13-24-21)22(27)25-12-10-17-6-8-20(23)9-7-17/h2-9,11,13-14H,10,12,15H2,1H3,(H,24,26)(H,25,27). The lowest BCUT2D eigenvalue weighted by molar-refractivity contribution is 0.0954. The second kappa shape index (κ2) is 8.94. The molecule has 2 aromatic carbocycles. The van der Waals surface area contributed by atoms with E-state index in [1.165, 1.54) is 23.3 Å². The number of hydrogen-bond acceptors (Lipinski definition) is 3. The van der Waals surface area contributed by atoms with Crippen LogP contribution in [0.5, 0.6) is 0 Å². The number of nitrogens with zero attached hydrogens (tertiary/aromatic N) is 1. The Bertz CT molecular complexity index is 909. The highest BCUT2D eigenvalue weighted by Gasteiger charge is 2.07. The van der Waals surface area contributed by atoms with Crippen molar-refractivity contribution in [3.8, 4) is 0 Å². The molecule has 0 atom stereocenters. The van der Waals surface area contributed by atoms with Crippen LogP contribution in [-0.2, 0) is 13.0 Å². The first-order valence-corrected chi connectivity index (χ1v) is 8.89. The van der Waals surface area contributed by atoms with Crippen LogP contribution in [0.2, 0.25) is 0 Å². The Morgan fingerprint density at radius 2 is 1.85 bits per heavy atom. The van der Waals surface area contributed by atoms with Gasteiger partial charge in [0.2, 0.25) is 0 Å². The third-order valence-corrected chi connectivity index (χ3v) is 4.36. The molecule has 3 aromatic rings. The van der Waals surface area contributed by atoms with Gasteiger partial charge in [-0.15, -0.1) is 0 Å². The fraction of sp³-hybridized carbons (Fsp3) is 0.182. The van der Waals surface area contributed by atoms with Gasteiger partial charge in [0, 0.05) is 24.8 Å². The van der Waals surface area contributed by atoms with E-state index in [0.29, 0.717) is 30.9 Å². The molecule has 1 amide bonds. The molecule has 1 aromatic heterocycles. The predicted molar refractivity (Wildman–Crippen MR) is 105 cm³/mol. The van der Waals surface area contributed by atoms with Gasteiger partial charge in [0.15, 0.2) is 0 Å². The van der Waals surface area contributed by atoms with Crippen molar-refractivity contribution in [2.75, 3.05) is 11.9 Å². The van der Waals surface area contributed by atoms with Crippen LogP contribution in [0.4, 0.5) is 10.2 Å². The largest absolute Gasteiger partial charge is 0.366 e. The van der Waals surface area contributed by atoms with Gasteiger partial charge < -0.3 is 10.6 Å². The molecule has 5 heteroatoms. The zero-order valence-corrected chi connectivity index (χ0v) is 15.2. The van der Waals surface area contributed by atoms with Gasteiger partial charge in [-0.25, -0.2) is 9.37 Å². The maximum absolute atomic E-state index is 12.9. The van der Waals surface area contributed by atoms with E-state index in [0.717, 1.165) is 5.56 Å². The zero-order chi connectivity index (χ0) is 19.1. The summed E-state index contributed by atoms with van der Waals surface area (Å²) < 4.78 is 12.9. The molecule has 0 aliphatic carbocycles. The lowest BCUT2D eigenvalue weighted by Gasteiger charge is -2.10. The van der Waals surface area contributed by atoms with Crippen molar-refractivity contribution in [1.29, 1.82) is 0 Å². The lowest BCUT2D eigenvalue weighted by atomic mass is 10.1. The fourth-order valence-corrected chi connectivity index (χ4v) is 2.74. The van der Waals surface area contributed by atoms with E-state index in [1.807, 2.05) is 12.1 Å². The highest BCUT2D eigenvalue weighted by molar-refractivity contribution is 5.94. The van der Waals surface area contributed by atoms with Gasteiger partial charge in [-0.3, -0.25) is 4.79 Å². The molecule has 27 heavy (non-hydrogen) atoms. The predicted octanol–water partition coefficient (Wildman–Crippen LogP) is 4.11. The van der Waals surface area contributed by atoms with Crippen molar-refractivity contribution < 1.29 is 9.18 Å². The number of aromatic nitrogens is 1. The van der Waals surface area contributed by atoms with E-state index in [-0.39, 0.29) is 11.7 Å². The molecule has 0 spiro atoms. The molecule has 2 N–H and O–H groups in total. The number of halogens is 1. The van der Waals surface area contributed by atoms with Crippen LogP contribution in [0.3, 0.4) is 0 Å². The second-order valence-electron chi connectivity index (χ2n) is 6.34. The quantitative estimate of drug-likeness (QED) is 0.664. The van der Waals surface area contributed by atoms with Crippen LogP contribution < -0.4 is 10.6 Å². The minimum Gasteiger partial charge on any atom is -0.366 e. The summed E-state index contributed by atoms with van der Waals surface area (Å²) in [5, 5.41) is 6.14. The Balaban J connectivity index is 1.53. The first-order chi connectivity index (χ1) is 13.1. The lowest BCUT2D eigenvalue weighted by Crippen LogP contribution is -2.25. The SMILES string of the molecule is Cc1ccccc1CNc1cc(C(=O)NCCc2ccc(F)cc2)ccn1. The zero-order valence-electron chi connectivity index (χ0n) is 15.2. The van der Waals surface area contributed by atoms with E-state index in [2.05, 4.69) is 34.7 Å². The Labute approximate surface area is 158 Å². The number of carbonyl (C=O) groups is 1. The van der Waals surface area contributed by atoms with Gasteiger partial charge in [-0.05, 0) is 54.3 Å². The van der Waals surface area contributed by atoms with Crippen LogP contribution in [0.1, 0.15) is 27.0 Å². The van der Waals surface area contributed by atoms with Gasteiger partial charge in [0.05, 0.1) is 0 Å². The summed E-state index contributed by atoms with van der Waals surface area (Å²) in [6.45, 7) is 3.20. The van der Waals surface area contributed by atoms with Crippen LogP contribution in [0, 0.1) is 12.7 Å².